The van der Waals surface area contributed by atoms with Crippen molar-refractivity contribution in [3.05, 3.63) is 29.5 Å². The molecule has 1 unspecified atom stereocenters. The molecule has 2 N–H and O–H groups in total. The number of fused-ring (bicyclic) bond motifs is 1. The van der Waals surface area contributed by atoms with Gasteiger partial charge in [0.05, 0.1) is 5.88 Å². The van der Waals surface area contributed by atoms with Crippen LogP contribution in [0.3, 0.4) is 0 Å². The summed E-state index contributed by atoms with van der Waals surface area (Å²) in [6, 6.07) is 4.65. The molecule has 1 fully saturated rings. The molecule has 0 bridgehead atoms. The lowest BCUT2D eigenvalue weighted by Gasteiger charge is -2.21. The number of nitrogens with zero attached hydrogens (tertiary/aromatic N) is 2. The molecule has 1 aromatic rings. The first kappa shape index (κ1) is 14.9. The second kappa shape index (κ2) is 5.75. The summed E-state index contributed by atoms with van der Waals surface area (Å²) >= 11 is 1.49. The van der Waals surface area contributed by atoms with E-state index in [-0.39, 0.29) is 24.4 Å². The van der Waals surface area contributed by atoms with Gasteiger partial charge in [0.15, 0.2) is 11.5 Å². The number of thioether (sulfide) groups is 1. The molecule has 124 valence electrons. The fraction of sp³-hybridized carbons (Fsp3) is 0.267. The van der Waals surface area contributed by atoms with Gasteiger partial charge in [-0.1, -0.05) is 6.07 Å². The Morgan fingerprint density at radius 3 is 3.08 bits per heavy atom. The molecular weight excluding hydrogens is 334 g/mol. The number of rotatable bonds is 2. The van der Waals surface area contributed by atoms with E-state index in [4.69, 9.17) is 9.47 Å². The van der Waals surface area contributed by atoms with Crippen LogP contribution < -0.4 is 14.8 Å². The number of hydrogen-bond acceptors (Lipinski definition) is 7. The summed E-state index contributed by atoms with van der Waals surface area (Å²) < 4.78 is 10.6. The van der Waals surface area contributed by atoms with Crippen LogP contribution in [-0.2, 0) is 9.59 Å². The normalized spacial score (nSPS) is 23.6. The van der Waals surface area contributed by atoms with E-state index in [0.29, 0.717) is 23.1 Å². The molecule has 3 heterocycles. The van der Waals surface area contributed by atoms with Crippen LogP contribution >= 0.6 is 11.8 Å². The molecule has 0 aliphatic carbocycles. The topological polar surface area (TPSA) is 100 Å². The molecule has 1 aromatic carbocycles. The molecular formula is C15H13N3O5S. The second-order valence-electron chi connectivity index (χ2n) is 5.36. The Morgan fingerprint density at radius 1 is 1.42 bits per heavy atom. The summed E-state index contributed by atoms with van der Waals surface area (Å²) in [6.07, 6.45) is 1.63. The average Bonchev–Trinajstić information content (AvgIpc) is 3.26. The Labute approximate surface area is 141 Å². The summed E-state index contributed by atoms with van der Waals surface area (Å²) in [6.45, 7) is 0.182. The fourth-order valence-electron chi connectivity index (χ4n) is 2.61. The van der Waals surface area contributed by atoms with Crippen molar-refractivity contribution in [1.29, 1.82) is 0 Å². The van der Waals surface area contributed by atoms with Gasteiger partial charge >= 0.3 is 5.97 Å². The number of carboxylic acid groups (broad SMARTS) is 1. The number of aliphatic carboxylic acids is 1. The van der Waals surface area contributed by atoms with Crippen LogP contribution in [0.25, 0.3) is 6.08 Å². The van der Waals surface area contributed by atoms with E-state index in [9.17, 15) is 14.7 Å². The van der Waals surface area contributed by atoms with Crippen LogP contribution in [0.15, 0.2) is 28.9 Å². The largest absolute Gasteiger partial charge is 0.480 e. The summed E-state index contributed by atoms with van der Waals surface area (Å²) in [5.41, 5.74) is 0.977. The lowest BCUT2D eigenvalue weighted by Crippen LogP contribution is -2.47. The Kier molecular flexibility index (Phi) is 3.57. The third-order valence-electron chi connectivity index (χ3n) is 3.82. The zero-order valence-electron chi connectivity index (χ0n) is 12.4. The third kappa shape index (κ3) is 2.56. The average molecular weight is 347 g/mol. The molecule has 3 aliphatic rings. The Bertz CT molecular complexity index is 791. The lowest BCUT2D eigenvalue weighted by atomic mass is 10.1. The lowest BCUT2D eigenvalue weighted by molar-refractivity contribution is -0.140. The maximum atomic E-state index is 12.1. The summed E-state index contributed by atoms with van der Waals surface area (Å²) in [7, 11) is 0. The standard InChI is InChI=1S/C15H13N3O5S/c19-13-9(3-8-1-2-11-12(4-8)23-7-22-11)16-15(17-13)18-6-24-5-10(18)14(20)21/h1-4,10H,5-7H2,(H,20,21)(H,16,17,19)/b9-3-. The van der Waals surface area contributed by atoms with Gasteiger partial charge in [-0.15, -0.1) is 11.8 Å². The number of carboxylic acids is 1. The minimum absolute atomic E-state index is 0.182. The van der Waals surface area contributed by atoms with E-state index in [2.05, 4.69) is 10.3 Å². The first-order valence-corrected chi connectivity index (χ1v) is 8.36. The van der Waals surface area contributed by atoms with E-state index in [1.165, 1.54) is 11.8 Å². The SMILES string of the molecule is O=C1NC(N2CSCC2C(=O)O)=N/C1=C\c1ccc2c(c1)OCO2. The molecule has 1 atom stereocenters. The number of guanidine groups is 1. The maximum Gasteiger partial charge on any atom is 0.327 e. The molecule has 4 rings (SSSR count). The molecule has 1 saturated heterocycles. The van der Waals surface area contributed by atoms with Crippen LogP contribution in [0, 0.1) is 0 Å². The van der Waals surface area contributed by atoms with Gasteiger partial charge in [0.25, 0.3) is 5.91 Å². The molecule has 0 saturated carbocycles. The van der Waals surface area contributed by atoms with Crippen molar-refractivity contribution in [2.24, 2.45) is 4.99 Å². The van der Waals surface area contributed by atoms with E-state index in [1.807, 2.05) is 0 Å². The first-order chi connectivity index (χ1) is 11.6. The van der Waals surface area contributed by atoms with Crippen molar-refractivity contribution in [3.63, 3.8) is 0 Å². The van der Waals surface area contributed by atoms with E-state index in [0.717, 1.165) is 5.56 Å². The van der Waals surface area contributed by atoms with E-state index < -0.39 is 12.0 Å². The zero-order chi connectivity index (χ0) is 16.7. The number of carbonyl (C=O) groups excluding carboxylic acids is 1. The number of benzene rings is 1. The van der Waals surface area contributed by atoms with Crippen LogP contribution in [0.2, 0.25) is 0 Å². The highest BCUT2D eigenvalue weighted by molar-refractivity contribution is 7.99. The number of ether oxygens (including phenoxy) is 2. The predicted molar refractivity (Wildman–Crippen MR) is 86.7 cm³/mol. The third-order valence-corrected chi connectivity index (χ3v) is 4.84. The maximum absolute atomic E-state index is 12.1. The molecule has 24 heavy (non-hydrogen) atoms. The number of aliphatic imine (C=N–C) groups is 1. The van der Waals surface area contributed by atoms with Crippen molar-refractivity contribution in [1.82, 2.24) is 10.2 Å². The molecule has 1 amide bonds. The highest BCUT2D eigenvalue weighted by atomic mass is 32.2. The predicted octanol–water partition coefficient (Wildman–Crippen LogP) is 0.701. The van der Waals surface area contributed by atoms with Crippen LogP contribution in [-0.4, -0.2) is 52.3 Å². The monoisotopic (exact) mass is 347 g/mol. The Hall–Kier alpha value is -2.68. The second-order valence-corrected chi connectivity index (χ2v) is 6.36. The van der Waals surface area contributed by atoms with Gasteiger partial charge in [0.1, 0.15) is 11.7 Å². The van der Waals surface area contributed by atoms with Gasteiger partial charge in [0, 0.05) is 5.75 Å². The highest BCUT2D eigenvalue weighted by Gasteiger charge is 2.36. The number of nitrogens with one attached hydrogen (secondary N) is 1. The van der Waals surface area contributed by atoms with Crippen LogP contribution in [0.5, 0.6) is 11.5 Å². The zero-order valence-corrected chi connectivity index (χ0v) is 13.2. The van der Waals surface area contributed by atoms with E-state index in [1.54, 1.807) is 29.2 Å². The molecule has 3 aliphatic heterocycles. The van der Waals surface area contributed by atoms with Crippen LogP contribution in [0.4, 0.5) is 0 Å². The molecule has 8 nitrogen and oxygen atoms in total. The number of amides is 1. The van der Waals surface area contributed by atoms with Crippen molar-refractivity contribution in [3.8, 4) is 11.5 Å². The number of hydrogen-bond donors (Lipinski definition) is 2. The van der Waals surface area contributed by atoms with Crippen LogP contribution in [0.1, 0.15) is 5.56 Å². The molecule has 0 radical (unpaired) electrons. The Balaban J connectivity index is 1.60. The van der Waals surface area contributed by atoms with Gasteiger partial charge < -0.3 is 19.5 Å². The number of carbonyl (C=O) groups is 2. The smallest absolute Gasteiger partial charge is 0.327 e. The quantitative estimate of drug-likeness (QED) is 0.760. The molecule has 9 heteroatoms. The minimum atomic E-state index is -0.926. The summed E-state index contributed by atoms with van der Waals surface area (Å²) in [5.74, 6) is 1.22. The highest BCUT2D eigenvalue weighted by Crippen LogP contribution is 2.33. The van der Waals surface area contributed by atoms with E-state index >= 15 is 0 Å². The van der Waals surface area contributed by atoms with Gasteiger partial charge in [-0.05, 0) is 23.8 Å². The van der Waals surface area contributed by atoms with Gasteiger partial charge in [-0.3, -0.25) is 10.1 Å². The van der Waals surface area contributed by atoms with Crippen molar-refractivity contribution in [2.75, 3.05) is 18.4 Å². The molecule has 0 aromatic heterocycles. The van der Waals surface area contributed by atoms with Crippen molar-refractivity contribution >= 4 is 35.7 Å². The summed E-state index contributed by atoms with van der Waals surface area (Å²) in [4.78, 5) is 29.2. The van der Waals surface area contributed by atoms with Crippen molar-refractivity contribution < 1.29 is 24.2 Å². The minimum Gasteiger partial charge on any atom is -0.480 e. The van der Waals surface area contributed by atoms with Gasteiger partial charge in [-0.25, -0.2) is 9.79 Å². The fourth-order valence-corrected chi connectivity index (χ4v) is 3.76. The molecule has 0 spiro atoms. The Morgan fingerprint density at radius 2 is 2.25 bits per heavy atom. The first-order valence-electron chi connectivity index (χ1n) is 7.20. The van der Waals surface area contributed by atoms with Crippen molar-refractivity contribution in [2.45, 2.75) is 6.04 Å². The van der Waals surface area contributed by atoms with Gasteiger partial charge in [-0.2, -0.15) is 0 Å². The summed E-state index contributed by atoms with van der Waals surface area (Å²) in [5, 5.41) is 11.9. The van der Waals surface area contributed by atoms with Gasteiger partial charge in [0.2, 0.25) is 12.8 Å².